The second kappa shape index (κ2) is 9.62. The summed E-state index contributed by atoms with van der Waals surface area (Å²) >= 11 is 0. The maximum absolute atomic E-state index is 12.3. The van der Waals surface area contributed by atoms with Crippen LogP contribution in [0.2, 0.25) is 0 Å². The second-order valence-corrected chi connectivity index (χ2v) is 6.19. The third kappa shape index (κ3) is 6.66. The summed E-state index contributed by atoms with van der Waals surface area (Å²) in [5.74, 6) is 0.387. The topological polar surface area (TPSA) is 108 Å². The van der Waals surface area contributed by atoms with Gasteiger partial charge in [0.1, 0.15) is 0 Å². The molecule has 1 heterocycles. The van der Waals surface area contributed by atoms with Gasteiger partial charge in [-0.25, -0.2) is 0 Å². The lowest BCUT2D eigenvalue weighted by Crippen LogP contribution is -2.44. The Bertz CT molecular complexity index is 435. The van der Waals surface area contributed by atoms with Crippen LogP contribution < -0.4 is 11.1 Å². The summed E-state index contributed by atoms with van der Waals surface area (Å²) in [5, 5.41) is 12.9. The molecule has 1 fully saturated rings. The third-order valence-corrected chi connectivity index (χ3v) is 4.18. The average Bonchev–Trinajstić information content (AvgIpc) is 2.88. The van der Waals surface area contributed by atoms with Crippen molar-refractivity contribution in [3.8, 4) is 0 Å². The predicted molar refractivity (Wildman–Crippen MR) is 90.3 cm³/mol. The fourth-order valence-electron chi connectivity index (χ4n) is 2.87. The minimum absolute atomic E-state index is 0.0361. The molecule has 0 saturated carbocycles. The zero-order valence-electron chi connectivity index (χ0n) is 14.4. The highest BCUT2D eigenvalue weighted by Gasteiger charge is 2.36. The highest BCUT2D eigenvalue weighted by atomic mass is 16.3. The molecule has 0 aromatic rings. The number of carbonyl (C=O) groups excluding carboxylic acids is 2. The number of likely N-dealkylation sites (tertiary alicyclic amines) is 1. The van der Waals surface area contributed by atoms with Crippen molar-refractivity contribution in [2.24, 2.45) is 10.7 Å². The summed E-state index contributed by atoms with van der Waals surface area (Å²) in [5.41, 5.74) is 5.50. The lowest BCUT2D eigenvalue weighted by Gasteiger charge is -2.23. The molecule has 23 heavy (non-hydrogen) atoms. The van der Waals surface area contributed by atoms with Crippen LogP contribution in [0.5, 0.6) is 0 Å². The second-order valence-electron chi connectivity index (χ2n) is 6.19. The SMILES string of the molecule is CC[C@H](CCCN=C(C)N)NCC(=O)[C@@H]1C[C@@H](O)CN1C(C)=O. The van der Waals surface area contributed by atoms with E-state index in [1.54, 1.807) is 6.92 Å². The Morgan fingerprint density at radius 1 is 1.43 bits per heavy atom. The van der Waals surface area contributed by atoms with Crippen molar-refractivity contribution in [2.45, 2.75) is 64.6 Å². The van der Waals surface area contributed by atoms with Gasteiger partial charge in [0.25, 0.3) is 0 Å². The van der Waals surface area contributed by atoms with Crippen molar-refractivity contribution in [1.82, 2.24) is 10.2 Å². The molecule has 132 valence electrons. The molecule has 7 nitrogen and oxygen atoms in total. The molecule has 1 amide bonds. The number of carbonyl (C=O) groups is 2. The predicted octanol–water partition coefficient (Wildman–Crippen LogP) is 0.0627. The number of Topliss-reactive ketones (excluding diaryl/α,β-unsaturated/α-hetero) is 1. The lowest BCUT2D eigenvalue weighted by atomic mass is 10.1. The maximum Gasteiger partial charge on any atom is 0.220 e. The van der Waals surface area contributed by atoms with Gasteiger partial charge in [-0.05, 0) is 26.2 Å². The van der Waals surface area contributed by atoms with Gasteiger partial charge in [0.2, 0.25) is 5.91 Å². The van der Waals surface area contributed by atoms with E-state index in [1.165, 1.54) is 11.8 Å². The van der Waals surface area contributed by atoms with Crippen LogP contribution in [-0.4, -0.2) is 65.4 Å². The van der Waals surface area contributed by atoms with Crippen LogP contribution >= 0.6 is 0 Å². The quantitative estimate of drug-likeness (QED) is 0.315. The molecular weight excluding hydrogens is 296 g/mol. The van der Waals surface area contributed by atoms with E-state index in [0.29, 0.717) is 18.8 Å². The number of nitrogens with one attached hydrogen (secondary N) is 1. The molecule has 0 aromatic heterocycles. The first kappa shape index (κ1) is 19.6. The number of rotatable bonds is 9. The molecule has 0 aromatic carbocycles. The van der Waals surface area contributed by atoms with Crippen LogP contribution in [0.25, 0.3) is 0 Å². The van der Waals surface area contributed by atoms with Crippen LogP contribution in [0, 0.1) is 0 Å². The highest BCUT2D eigenvalue weighted by Crippen LogP contribution is 2.18. The van der Waals surface area contributed by atoms with Gasteiger partial charge in [0.15, 0.2) is 5.78 Å². The number of aliphatic hydroxyl groups is 1. The molecule has 0 spiro atoms. The molecule has 1 rings (SSSR count). The number of ketones is 1. The first-order chi connectivity index (χ1) is 10.8. The summed E-state index contributed by atoms with van der Waals surface area (Å²) in [6.45, 7) is 6.44. The van der Waals surface area contributed by atoms with Crippen molar-refractivity contribution in [1.29, 1.82) is 0 Å². The molecule has 0 radical (unpaired) electrons. The number of nitrogens with zero attached hydrogens (tertiary/aromatic N) is 2. The van der Waals surface area contributed by atoms with Gasteiger partial charge in [-0.2, -0.15) is 0 Å². The van der Waals surface area contributed by atoms with Gasteiger partial charge in [0.05, 0.1) is 24.5 Å². The first-order valence-corrected chi connectivity index (χ1v) is 8.33. The Labute approximate surface area is 138 Å². The number of β-amino-alcohol motifs (C(OH)–C–C–N with tert-alkyl or cyclic N) is 1. The van der Waals surface area contributed by atoms with Crippen LogP contribution in [0.1, 0.15) is 46.5 Å². The average molecular weight is 326 g/mol. The van der Waals surface area contributed by atoms with Crippen LogP contribution in [0.15, 0.2) is 4.99 Å². The number of hydrogen-bond acceptors (Lipinski definition) is 5. The van der Waals surface area contributed by atoms with E-state index < -0.39 is 12.1 Å². The van der Waals surface area contributed by atoms with E-state index in [9.17, 15) is 14.7 Å². The van der Waals surface area contributed by atoms with Gasteiger partial charge in [-0.1, -0.05) is 6.92 Å². The number of nitrogens with two attached hydrogens (primary N) is 1. The minimum atomic E-state index is -0.604. The van der Waals surface area contributed by atoms with Crippen molar-refractivity contribution < 1.29 is 14.7 Å². The fourth-order valence-corrected chi connectivity index (χ4v) is 2.87. The fraction of sp³-hybridized carbons (Fsp3) is 0.812. The molecular formula is C16H30N4O3. The zero-order valence-corrected chi connectivity index (χ0v) is 14.4. The number of amidine groups is 1. The van der Waals surface area contributed by atoms with E-state index in [-0.39, 0.29) is 30.8 Å². The molecule has 1 aliphatic rings. The minimum Gasteiger partial charge on any atom is -0.391 e. The smallest absolute Gasteiger partial charge is 0.220 e. The Balaban J connectivity index is 2.40. The van der Waals surface area contributed by atoms with Crippen molar-refractivity contribution >= 4 is 17.5 Å². The van der Waals surface area contributed by atoms with E-state index in [0.717, 1.165) is 19.3 Å². The standard InChI is InChI=1S/C16H30N4O3/c1-4-13(6-5-7-18-11(2)17)19-9-16(23)15-8-14(22)10-20(15)12(3)21/h13-15,19,22H,4-10H2,1-3H3,(H2,17,18)/t13-,14-,15+/m1/s1. The summed E-state index contributed by atoms with van der Waals surface area (Å²) in [6.07, 6.45) is 2.48. The molecule has 0 bridgehead atoms. The first-order valence-electron chi connectivity index (χ1n) is 8.33. The zero-order chi connectivity index (χ0) is 17.4. The molecule has 0 aliphatic carbocycles. The van der Waals surface area contributed by atoms with E-state index in [4.69, 9.17) is 5.73 Å². The largest absolute Gasteiger partial charge is 0.391 e. The van der Waals surface area contributed by atoms with E-state index >= 15 is 0 Å². The van der Waals surface area contributed by atoms with Gasteiger partial charge in [0, 0.05) is 32.5 Å². The normalized spacial score (nSPS) is 23.1. The number of hydrogen-bond donors (Lipinski definition) is 3. The number of aliphatic hydroxyl groups excluding tert-OH is 1. The van der Waals surface area contributed by atoms with Gasteiger partial charge in [-0.15, -0.1) is 0 Å². The van der Waals surface area contributed by atoms with E-state index in [1.807, 2.05) is 0 Å². The summed E-state index contributed by atoms with van der Waals surface area (Å²) in [4.78, 5) is 29.5. The maximum atomic E-state index is 12.3. The lowest BCUT2D eigenvalue weighted by molar-refractivity contribution is -0.135. The number of aliphatic imine (C=N–C) groups is 1. The Kier molecular flexibility index (Phi) is 8.19. The van der Waals surface area contributed by atoms with Crippen molar-refractivity contribution in [3.05, 3.63) is 0 Å². The molecule has 3 atom stereocenters. The van der Waals surface area contributed by atoms with Crippen molar-refractivity contribution in [2.75, 3.05) is 19.6 Å². The molecule has 7 heteroatoms. The summed E-state index contributed by atoms with van der Waals surface area (Å²) in [7, 11) is 0. The van der Waals surface area contributed by atoms with Crippen LogP contribution in [-0.2, 0) is 9.59 Å². The monoisotopic (exact) mass is 326 g/mol. The summed E-state index contributed by atoms with van der Waals surface area (Å²) in [6, 6.07) is -0.263. The van der Waals surface area contributed by atoms with Crippen LogP contribution in [0.4, 0.5) is 0 Å². The number of amides is 1. The Morgan fingerprint density at radius 2 is 2.13 bits per heavy atom. The molecule has 1 saturated heterocycles. The van der Waals surface area contributed by atoms with Gasteiger partial charge in [-0.3, -0.25) is 14.6 Å². The molecule has 4 N–H and O–H groups in total. The highest BCUT2D eigenvalue weighted by molar-refractivity contribution is 5.90. The Morgan fingerprint density at radius 3 is 2.70 bits per heavy atom. The Hall–Kier alpha value is -1.47. The van der Waals surface area contributed by atoms with Gasteiger partial charge >= 0.3 is 0 Å². The van der Waals surface area contributed by atoms with Crippen molar-refractivity contribution in [3.63, 3.8) is 0 Å². The van der Waals surface area contributed by atoms with Crippen LogP contribution in [0.3, 0.4) is 0 Å². The van der Waals surface area contributed by atoms with Gasteiger partial charge < -0.3 is 21.1 Å². The summed E-state index contributed by atoms with van der Waals surface area (Å²) < 4.78 is 0. The molecule has 1 aliphatic heterocycles. The third-order valence-electron chi connectivity index (χ3n) is 4.18. The van der Waals surface area contributed by atoms with E-state index in [2.05, 4.69) is 17.2 Å². The molecule has 0 unspecified atom stereocenters.